The maximum absolute atomic E-state index is 13.3. The molecule has 1 heterocycles. The minimum atomic E-state index is -0.636. The van der Waals surface area contributed by atoms with Gasteiger partial charge in [-0.25, -0.2) is 0 Å². The Morgan fingerprint density at radius 3 is 2.42 bits per heavy atom. The van der Waals surface area contributed by atoms with Crippen molar-refractivity contribution in [2.75, 3.05) is 26.4 Å². The first-order valence-electron chi connectivity index (χ1n) is 17.1. The largest absolute Gasteiger partial charge is 0.481 e. The molecule has 5 aliphatic rings. The predicted octanol–water partition coefficient (Wildman–Crippen LogP) is 6.63. The van der Waals surface area contributed by atoms with Gasteiger partial charge < -0.3 is 25.1 Å². The van der Waals surface area contributed by atoms with Crippen LogP contribution in [0.5, 0.6) is 0 Å². The second-order valence-corrected chi connectivity index (χ2v) is 16.5. The van der Waals surface area contributed by atoms with Crippen LogP contribution in [0.25, 0.3) is 0 Å². The van der Waals surface area contributed by atoms with Gasteiger partial charge in [0, 0.05) is 24.4 Å². The van der Waals surface area contributed by atoms with Crippen LogP contribution in [-0.2, 0) is 23.8 Å². The second-order valence-electron chi connectivity index (χ2n) is 16.5. The van der Waals surface area contributed by atoms with Crippen LogP contribution in [0.3, 0.4) is 0 Å². The number of hydrogen-bond acceptors (Lipinski definition) is 6. The van der Waals surface area contributed by atoms with Gasteiger partial charge in [-0.3, -0.25) is 9.59 Å². The van der Waals surface area contributed by atoms with Crippen molar-refractivity contribution < 1.29 is 28.9 Å². The zero-order valence-electron chi connectivity index (χ0n) is 28.2. The topological polar surface area (TPSA) is 108 Å². The minimum Gasteiger partial charge on any atom is -0.481 e. The van der Waals surface area contributed by atoms with Gasteiger partial charge in [-0.2, -0.15) is 0 Å². The number of unbranched alkanes of at least 4 members (excludes halogenated alkanes) is 1. The molecule has 4 fully saturated rings. The summed E-state index contributed by atoms with van der Waals surface area (Å²) in [5.41, 5.74) is 5.92. The highest BCUT2D eigenvalue weighted by Crippen LogP contribution is 2.75. The van der Waals surface area contributed by atoms with E-state index in [1.165, 1.54) is 12.5 Å². The number of allylic oxidation sites excluding steroid dienone is 1. The molecule has 4 aliphatic carbocycles. The van der Waals surface area contributed by atoms with Crippen LogP contribution in [0.2, 0.25) is 0 Å². The molecule has 3 saturated carbocycles. The van der Waals surface area contributed by atoms with Crippen LogP contribution < -0.4 is 5.73 Å². The lowest BCUT2D eigenvalue weighted by molar-refractivity contribution is -0.267. The fourth-order valence-corrected chi connectivity index (χ4v) is 11.6. The van der Waals surface area contributed by atoms with E-state index in [1.807, 2.05) is 0 Å². The average molecular weight is 602 g/mol. The first-order chi connectivity index (χ1) is 20.1. The third-order valence-electron chi connectivity index (χ3n) is 14.3. The van der Waals surface area contributed by atoms with Gasteiger partial charge >= 0.3 is 11.9 Å². The molecule has 2 bridgehead atoms. The highest BCUT2D eigenvalue weighted by atomic mass is 16.6. The smallest absolute Gasteiger partial charge is 0.307 e. The Hall–Kier alpha value is -1.44. The van der Waals surface area contributed by atoms with E-state index in [4.69, 9.17) is 19.9 Å². The molecule has 1 aliphatic heterocycles. The van der Waals surface area contributed by atoms with Crippen LogP contribution in [-0.4, -0.2) is 55.6 Å². The first kappa shape index (κ1) is 32.9. The number of carbonyl (C=O) groups excluding carboxylic acids is 1. The zero-order valence-corrected chi connectivity index (χ0v) is 28.2. The van der Waals surface area contributed by atoms with Gasteiger partial charge in [0.05, 0.1) is 19.1 Å². The zero-order chi connectivity index (χ0) is 31.6. The van der Waals surface area contributed by atoms with E-state index in [0.717, 1.165) is 44.9 Å². The van der Waals surface area contributed by atoms with Gasteiger partial charge in [-0.15, -0.1) is 0 Å². The predicted molar refractivity (Wildman–Crippen MR) is 167 cm³/mol. The number of carboxylic acid groups (broad SMARTS) is 1. The van der Waals surface area contributed by atoms with Crippen molar-refractivity contribution in [2.24, 2.45) is 62.4 Å². The van der Waals surface area contributed by atoms with Gasteiger partial charge in [0.25, 0.3) is 0 Å². The van der Waals surface area contributed by atoms with E-state index in [2.05, 4.69) is 54.5 Å². The molecule has 7 heteroatoms. The Bertz CT molecular complexity index is 1120. The lowest BCUT2D eigenvalue weighted by Gasteiger charge is -2.71. The molecule has 244 valence electrons. The van der Waals surface area contributed by atoms with E-state index in [1.54, 1.807) is 0 Å². The third-order valence-corrected chi connectivity index (χ3v) is 14.3. The summed E-state index contributed by atoms with van der Waals surface area (Å²) in [5, 5.41) is 10.9. The molecular formula is C36H59NO6. The summed E-state index contributed by atoms with van der Waals surface area (Å²) in [6.45, 7) is 20.0. The van der Waals surface area contributed by atoms with Crippen molar-refractivity contribution in [1.82, 2.24) is 0 Å². The Morgan fingerprint density at radius 1 is 1.07 bits per heavy atom. The molecule has 0 amide bonds. The van der Waals surface area contributed by atoms with Crippen molar-refractivity contribution in [3.05, 3.63) is 11.6 Å². The van der Waals surface area contributed by atoms with Crippen molar-refractivity contribution in [3.63, 3.8) is 0 Å². The third kappa shape index (κ3) is 4.76. The van der Waals surface area contributed by atoms with Crippen LogP contribution in [0.4, 0.5) is 0 Å². The first-order valence-corrected chi connectivity index (χ1v) is 17.1. The average Bonchev–Trinajstić information content (AvgIpc) is 2.92. The summed E-state index contributed by atoms with van der Waals surface area (Å²) in [6, 6.07) is 0. The van der Waals surface area contributed by atoms with Crippen molar-refractivity contribution in [1.29, 1.82) is 0 Å². The quantitative estimate of drug-likeness (QED) is 0.173. The van der Waals surface area contributed by atoms with E-state index in [-0.39, 0.29) is 51.2 Å². The molecule has 3 N–H and O–H groups in total. The number of nitrogens with two attached hydrogens (primary N) is 1. The van der Waals surface area contributed by atoms with Crippen molar-refractivity contribution in [3.8, 4) is 0 Å². The normalized spacial score (nSPS) is 46.2. The van der Waals surface area contributed by atoms with Gasteiger partial charge in [0.2, 0.25) is 0 Å². The Labute approximate surface area is 260 Å². The summed E-state index contributed by atoms with van der Waals surface area (Å²) in [5.74, 6) is 0.0671. The molecule has 2 unspecified atom stereocenters. The lowest BCUT2D eigenvalue weighted by Crippen LogP contribution is -2.70. The number of rotatable bonds is 9. The van der Waals surface area contributed by atoms with Crippen LogP contribution in [0.15, 0.2) is 11.6 Å². The molecule has 0 aromatic heterocycles. The molecule has 7 nitrogen and oxygen atoms in total. The maximum atomic E-state index is 13.3. The van der Waals surface area contributed by atoms with Gasteiger partial charge in [0.15, 0.2) is 0 Å². The van der Waals surface area contributed by atoms with E-state index >= 15 is 0 Å². The fourth-order valence-electron chi connectivity index (χ4n) is 11.6. The molecule has 5 rings (SSSR count). The monoisotopic (exact) mass is 601 g/mol. The summed E-state index contributed by atoms with van der Waals surface area (Å²) in [4.78, 5) is 25.7. The Balaban J connectivity index is 1.56. The summed E-state index contributed by atoms with van der Waals surface area (Å²) >= 11 is 0. The molecular weight excluding hydrogens is 542 g/mol. The molecule has 1 saturated heterocycles. The number of fused-ring (bicyclic) bond motifs is 3. The molecule has 0 radical (unpaired) electrons. The highest BCUT2D eigenvalue weighted by Gasteiger charge is 2.72. The maximum Gasteiger partial charge on any atom is 0.307 e. The number of esters is 1. The van der Waals surface area contributed by atoms with Crippen LogP contribution in [0, 0.1) is 56.7 Å². The summed E-state index contributed by atoms with van der Waals surface area (Å²) in [6.07, 6.45) is 9.21. The lowest BCUT2D eigenvalue weighted by atomic mass is 9.34. The molecule has 0 spiro atoms. The number of carbonyl (C=O) groups is 2. The van der Waals surface area contributed by atoms with Crippen molar-refractivity contribution >= 4 is 11.9 Å². The summed E-state index contributed by atoms with van der Waals surface area (Å²) in [7, 11) is 0. The fraction of sp³-hybridized carbons (Fsp3) is 0.889. The standard InChI is InChI=1S/C36H59NO6/c1-22(2)23(3)32(5)15-16-34(7)25-11-12-28-33(6)20-41-21-36(28,26(25)13-14-35(34,8)29(32)31(39)40)19-27(43-24(4)38)30(33)42-18-10-9-17-37/h13,22-23,25,27-30H,9-12,14-21,37H2,1-8H3,(H,39,40)/t23-,25+,27-,28?,29-,30+,32-,33?,34-,35+,36+/m1/s1. The van der Waals surface area contributed by atoms with Gasteiger partial charge in [-0.05, 0) is 97.8 Å². The van der Waals surface area contributed by atoms with Crippen LogP contribution >= 0.6 is 0 Å². The number of hydrogen-bond donors (Lipinski definition) is 2. The molecule has 43 heavy (non-hydrogen) atoms. The number of ether oxygens (including phenoxy) is 3. The van der Waals surface area contributed by atoms with Crippen molar-refractivity contribution in [2.45, 2.75) is 119 Å². The van der Waals surface area contributed by atoms with E-state index < -0.39 is 11.9 Å². The Kier molecular flexibility index (Phi) is 8.75. The second kappa shape index (κ2) is 11.4. The van der Waals surface area contributed by atoms with Gasteiger partial charge in [-0.1, -0.05) is 60.1 Å². The molecule has 0 aromatic carbocycles. The molecule has 0 aromatic rings. The van der Waals surface area contributed by atoms with E-state index in [9.17, 15) is 14.7 Å². The Morgan fingerprint density at radius 2 is 1.79 bits per heavy atom. The highest BCUT2D eigenvalue weighted by molar-refractivity contribution is 5.73. The van der Waals surface area contributed by atoms with Crippen LogP contribution in [0.1, 0.15) is 107 Å². The molecule has 11 atom stereocenters. The summed E-state index contributed by atoms with van der Waals surface area (Å²) < 4.78 is 19.2. The number of aliphatic carboxylic acids is 1. The van der Waals surface area contributed by atoms with Gasteiger partial charge in [0.1, 0.15) is 12.2 Å². The SMILES string of the molecule is CC(=O)O[C@@H]1C[C@@]23COCC(C)(C2CC[C@H]2C3=CC[C@@]3(C)[C@H](C(=O)O)[C@@](C)([C@H](C)C(C)C)CC[C@]23C)[C@H]1OCCCCN. The minimum absolute atomic E-state index is 0.142. The van der Waals surface area contributed by atoms with E-state index in [0.29, 0.717) is 50.5 Å². The number of carboxylic acids is 1.